The normalized spacial score (nSPS) is 14.8. The van der Waals surface area contributed by atoms with Gasteiger partial charge in [0.1, 0.15) is 0 Å². The maximum Gasteiger partial charge on any atom is 0.0728 e. The first-order chi connectivity index (χ1) is 8.31. The second-order valence-corrected chi connectivity index (χ2v) is 5.28. The molecule has 1 aromatic rings. The number of ether oxygens (including phenoxy) is 1. The zero-order chi connectivity index (χ0) is 12.5. The largest absolute Gasteiger partial charge is 0.377 e. The van der Waals surface area contributed by atoms with Gasteiger partial charge in [-0.05, 0) is 44.2 Å². The number of thiophene rings is 1. The van der Waals surface area contributed by atoms with Crippen molar-refractivity contribution in [2.24, 2.45) is 0 Å². The summed E-state index contributed by atoms with van der Waals surface area (Å²) >= 11 is 1.84. The molecule has 0 aliphatic rings. The van der Waals surface area contributed by atoms with Gasteiger partial charge in [-0.15, -0.1) is 11.3 Å². The Labute approximate surface area is 109 Å². The average Bonchev–Trinajstić information content (AvgIpc) is 2.84. The highest BCUT2D eigenvalue weighted by Crippen LogP contribution is 2.15. The predicted molar refractivity (Wildman–Crippen MR) is 75.8 cm³/mol. The molecule has 0 bridgehead atoms. The fourth-order valence-electron chi connectivity index (χ4n) is 2.04. The Morgan fingerprint density at radius 2 is 2.18 bits per heavy atom. The third-order valence-electron chi connectivity index (χ3n) is 2.89. The van der Waals surface area contributed by atoms with Gasteiger partial charge in [0.15, 0.2) is 0 Å². The summed E-state index contributed by atoms with van der Waals surface area (Å²) in [6.45, 7) is 8.35. The van der Waals surface area contributed by atoms with Crippen LogP contribution in [0.15, 0.2) is 17.5 Å². The predicted octanol–water partition coefficient (Wildman–Crippen LogP) is 3.47. The number of hydrogen-bond acceptors (Lipinski definition) is 3. The van der Waals surface area contributed by atoms with E-state index in [0.717, 1.165) is 26.0 Å². The van der Waals surface area contributed by atoms with E-state index in [2.05, 4.69) is 43.6 Å². The van der Waals surface area contributed by atoms with Crippen molar-refractivity contribution in [3.8, 4) is 0 Å². The SMILES string of the molecule is CCCNC(Cc1cccs1)C(CC)OCC. The standard InChI is InChI=1S/C14H25NOS/c1-4-9-15-13(14(5-2)16-6-3)11-12-8-7-10-17-12/h7-8,10,13-15H,4-6,9,11H2,1-3H3. The number of rotatable bonds is 9. The second-order valence-electron chi connectivity index (χ2n) is 4.25. The summed E-state index contributed by atoms with van der Waals surface area (Å²) < 4.78 is 5.84. The van der Waals surface area contributed by atoms with Crippen LogP contribution < -0.4 is 5.32 Å². The van der Waals surface area contributed by atoms with Gasteiger partial charge in [0.2, 0.25) is 0 Å². The molecule has 1 N–H and O–H groups in total. The van der Waals surface area contributed by atoms with Gasteiger partial charge >= 0.3 is 0 Å². The molecule has 1 aromatic heterocycles. The first kappa shape index (κ1) is 14.7. The van der Waals surface area contributed by atoms with Crippen molar-refractivity contribution in [2.75, 3.05) is 13.2 Å². The quantitative estimate of drug-likeness (QED) is 0.729. The van der Waals surface area contributed by atoms with Crippen molar-refractivity contribution < 1.29 is 4.74 Å². The third kappa shape index (κ3) is 5.19. The molecule has 0 aromatic carbocycles. The van der Waals surface area contributed by atoms with Crippen molar-refractivity contribution in [3.63, 3.8) is 0 Å². The maximum absolute atomic E-state index is 5.84. The summed E-state index contributed by atoms with van der Waals surface area (Å²) in [5.74, 6) is 0. The molecule has 0 fully saturated rings. The molecule has 0 aliphatic heterocycles. The fourth-order valence-corrected chi connectivity index (χ4v) is 2.81. The topological polar surface area (TPSA) is 21.3 Å². The second kappa shape index (κ2) is 8.67. The van der Waals surface area contributed by atoms with Gasteiger partial charge in [0.05, 0.1) is 6.10 Å². The van der Waals surface area contributed by atoms with Crippen molar-refractivity contribution in [1.29, 1.82) is 0 Å². The van der Waals surface area contributed by atoms with Gasteiger partial charge in [-0.2, -0.15) is 0 Å². The van der Waals surface area contributed by atoms with E-state index in [1.165, 1.54) is 11.3 Å². The Kier molecular flexibility index (Phi) is 7.49. The molecule has 0 aliphatic carbocycles. The highest BCUT2D eigenvalue weighted by molar-refractivity contribution is 7.09. The first-order valence-electron chi connectivity index (χ1n) is 6.69. The first-order valence-corrected chi connectivity index (χ1v) is 7.57. The van der Waals surface area contributed by atoms with Crippen molar-refractivity contribution in [2.45, 2.75) is 52.2 Å². The molecule has 17 heavy (non-hydrogen) atoms. The summed E-state index contributed by atoms with van der Waals surface area (Å²) in [6, 6.07) is 4.78. The van der Waals surface area contributed by atoms with Crippen LogP contribution in [-0.4, -0.2) is 25.3 Å². The summed E-state index contributed by atoms with van der Waals surface area (Å²) in [7, 11) is 0. The third-order valence-corrected chi connectivity index (χ3v) is 3.79. The molecular weight excluding hydrogens is 230 g/mol. The molecular formula is C14H25NOS. The number of nitrogens with one attached hydrogen (secondary N) is 1. The molecule has 2 unspecified atom stereocenters. The highest BCUT2D eigenvalue weighted by atomic mass is 32.1. The molecule has 1 rings (SSSR count). The van der Waals surface area contributed by atoms with Gasteiger partial charge in [-0.3, -0.25) is 0 Å². The Bertz CT molecular complexity index is 274. The lowest BCUT2D eigenvalue weighted by Crippen LogP contribution is -2.43. The van der Waals surface area contributed by atoms with Crippen LogP contribution in [0, 0.1) is 0 Å². The minimum atomic E-state index is 0.327. The monoisotopic (exact) mass is 255 g/mol. The Hall–Kier alpha value is -0.380. The summed E-state index contributed by atoms with van der Waals surface area (Å²) in [4.78, 5) is 1.44. The molecule has 2 atom stereocenters. The van der Waals surface area contributed by atoms with E-state index in [-0.39, 0.29) is 0 Å². The average molecular weight is 255 g/mol. The van der Waals surface area contributed by atoms with Crippen LogP contribution in [0.25, 0.3) is 0 Å². The van der Waals surface area contributed by atoms with Gasteiger partial charge < -0.3 is 10.1 Å². The maximum atomic E-state index is 5.84. The zero-order valence-corrected chi connectivity index (χ0v) is 12.1. The van der Waals surface area contributed by atoms with E-state index in [1.807, 2.05) is 11.3 Å². The Morgan fingerprint density at radius 3 is 2.71 bits per heavy atom. The van der Waals surface area contributed by atoms with Gasteiger partial charge in [0, 0.05) is 17.5 Å². The van der Waals surface area contributed by atoms with E-state index < -0.39 is 0 Å². The lowest BCUT2D eigenvalue weighted by Gasteiger charge is -2.27. The van der Waals surface area contributed by atoms with Crippen LogP contribution in [0.1, 0.15) is 38.5 Å². The van der Waals surface area contributed by atoms with Crippen LogP contribution in [0.5, 0.6) is 0 Å². The molecule has 0 spiro atoms. The van der Waals surface area contributed by atoms with Gasteiger partial charge in [0.25, 0.3) is 0 Å². The van der Waals surface area contributed by atoms with Gasteiger partial charge in [-0.25, -0.2) is 0 Å². The molecule has 0 saturated heterocycles. The molecule has 0 saturated carbocycles. The summed E-state index contributed by atoms with van der Waals surface area (Å²) in [6.07, 6.45) is 3.65. The van der Waals surface area contributed by atoms with Crippen molar-refractivity contribution in [3.05, 3.63) is 22.4 Å². The van der Waals surface area contributed by atoms with Crippen LogP contribution in [0.2, 0.25) is 0 Å². The van der Waals surface area contributed by atoms with Crippen molar-refractivity contribution in [1.82, 2.24) is 5.32 Å². The van der Waals surface area contributed by atoms with E-state index >= 15 is 0 Å². The van der Waals surface area contributed by atoms with E-state index in [1.54, 1.807) is 0 Å². The van der Waals surface area contributed by atoms with Crippen LogP contribution >= 0.6 is 11.3 Å². The smallest absolute Gasteiger partial charge is 0.0728 e. The molecule has 3 heteroatoms. The van der Waals surface area contributed by atoms with E-state index in [9.17, 15) is 0 Å². The van der Waals surface area contributed by atoms with E-state index in [4.69, 9.17) is 4.74 Å². The van der Waals surface area contributed by atoms with Crippen LogP contribution in [0.4, 0.5) is 0 Å². The zero-order valence-electron chi connectivity index (χ0n) is 11.2. The fraction of sp³-hybridized carbons (Fsp3) is 0.714. The summed E-state index contributed by atoms with van der Waals surface area (Å²) in [5, 5.41) is 5.77. The lowest BCUT2D eigenvalue weighted by atomic mass is 10.0. The number of hydrogen-bond donors (Lipinski definition) is 1. The van der Waals surface area contributed by atoms with Gasteiger partial charge in [-0.1, -0.05) is 19.9 Å². The minimum Gasteiger partial charge on any atom is -0.377 e. The molecule has 0 radical (unpaired) electrons. The molecule has 98 valence electrons. The molecule has 0 amide bonds. The lowest BCUT2D eigenvalue weighted by molar-refractivity contribution is 0.0321. The minimum absolute atomic E-state index is 0.327. The van der Waals surface area contributed by atoms with Crippen LogP contribution in [0.3, 0.4) is 0 Å². The van der Waals surface area contributed by atoms with Crippen molar-refractivity contribution >= 4 is 11.3 Å². The van der Waals surface area contributed by atoms with Crippen LogP contribution in [-0.2, 0) is 11.2 Å². The Morgan fingerprint density at radius 1 is 1.35 bits per heavy atom. The molecule has 2 nitrogen and oxygen atoms in total. The Balaban J connectivity index is 2.57. The van der Waals surface area contributed by atoms with E-state index in [0.29, 0.717) is 12.1 Å². The molecule has 1 heterocycles. The highest BCUT2D eigenvalue weighted by Gasteiger charge is 2.20. The summed E-state index contributed by atoms with van der Waals surface area (Å²) in [5.41, 5.74) is 0.